The summed E-state index contributed by atoms with van der Waals surface area (Å²) in [5.41, 5.74) is 0. The van der Waals surface area contributed by atoms with Crippen LogP contribution >= 0.6 is 23.5 Å². The zero-order chi connectivity index (χ0) is 26.4. The van der Waals surface area contributed by atoms with Gasteiger partial charge in [-0.3, -0.25) is 0 Å². The van der Waals surface area contributed by atoms with Crippen molar-refractivity contribution in [2.24, 2.45) is 0 Å². The van der Waals surface area contributed by atoms with E-state index in [1.54, 1.807) is 30.3 Å². The molecule has 0 bridgehead atoms. The first-order valence-electron chi connectivity index (χ1n) is 13.8. The van der Waals surface area contributed by atoms with Gasteiger partial charge in [-0.1, -0.05) is 129 Å². The molecular formula is C25H49B3O5S2. The minimum atomic E-state index is -0.950. The zero-order valence-electron chi connectivity index (χ0n) is 23.5. The number of thioether (sulfide) groups is 2. The quantitative estimate of drug-likeness (QED) is 0.114. The molecule has 1 heterocycles. The molecule has 1 fully saturated rings. The molecule has 0 spiro atoms. The highest BCUT2D eigenvalue weighted by Gasteiger charge is 2.45. The number of rotatable bonds is 16. The molecule has 0 saturated carbocycles. The van der Waals surface area contributed by atoms with Crippen molar-refractivity contribution >= 4 is 45.3 Å². The molecular weight excluding hydrogens is 477 g/mol. The monoisotopic (exact) mass is 526 g/mol. The maximum atomic E-state index is 5.41. The van der Waals surface area contributed by atoms with Gasteiger partial charge in [-0.15, -0.1) is 0 Å². The van der Waals surface area contributed by atoms with Crippen molar-refractivity contribution in [2.75, 3.05) is 11.5 Å². The van der Waals surface area contributed by atoms with E-state index in [2.05, 4.69) is 36.6 Å². The number of hydrogen-bond donors (Lipinski definition) is 0. The third kappa shape index (κ3) is 26.4. The van der Waals surface area contributed by atoms with Crippen molar-refractivity contribution in [3.05, 3.63) is 0 Å². The Hall–Kier alpha value is -0.505. The molecule has 0 atom stereocenters. The van der Waals surface area contributed by atoms with E-state index >= 15 is 0 Å². The average molecular weight is 526 g/mol. The Bertz CT molecular complexity index is 507. The molecule has 200 valence electrons. The first-order chi connectivity index (χ1) is 17.3. The summed E-state index contributed by atoms with van der Waals surface area (Å²) in [5.74, 6) is 2.01. The number of hydrogen-bond acceptors (Lipinski definition) is 7. The predicted molar refractivity (Wildman–Crippen MR) is 158 cm³/mol. The van der Waals surface area contributed by atoms with Crippen LogP contribution in [0.3, 0.4) is 0 Å². The van der Waals surface area contributed by atoms with E-state index in [1.165, 1.54) is 77.0 Å². The fourth-order valence-electron chi connectivity index (χ4n) is 2.83. The van der Waals surface area contributed by atoms with Gasteiger partial charge in [0, 0.05) is 22.0 Å². The molecule has 0 amide bonds. The molecule has 1 rings (SSSR count). The fourth-order valence-corrected chi connectivity index (χ4v) is 3.94. The lowest BCUT2D eigenvalue weighted by Gasteiger charge is -2.23. The van der Waals surface area contributed by atoms with Crippen LogP contribution < -0.4 is 0 Å². The minimum absolute atomic E-state index is 0.529. The normalized spacial score (nSPS) is 12.1. The van der Waals surface area contributed by atoms with Crippen LogP contribution in [0.15, 0.2) is 0 Å². The Morgan fingerprint density at radius 1 is 0.571 bits per heavy atom. The first-order valence-corrected chi connectivity index (χ1v) is 15.7. The second-order valence-corrected chi connectivity index (χ2v) is 9.23. The van der Waals surface area contributed by atoms with Crippen LogP contribution in [0.1, 0.15) is 119 Å². The molecule has 0 aromatic carbocycles. The maximum absolute atomic E-state index is 5.41. The SMILES string of the molecule is CC.CC.CCCCCCCCSC#COB1OB(C)OB(OC#CSCCCCCCCC)O1. The van der Waals surface area contributed by atoms with E-state index in [0.717, 1.165) is 11.5 Å². The van der Waals surface area contributed by atoms with Crippen molar-refractivity contribution in [3.63, 3.8) is 0 Å². The molecule has 0 N–H and O–H groups in total. The van der Waals surface area contributed by atoms with Crippen LogP contribution in [0, 0.1) is 22.7 Å². The smallest absolute Gasteiger partial charge is 0.463 e. The van der Waals surface area contributed by atoms with Gasteiger partial charge in [0.15, 0.2) is 0 Å². The van der Waals surface area contributed by atoms with Gasteiger partial charge < -0.3 is 23.0 Å². The summed E-state index contributed by atoms with van der Waals surface area (Å²) in [5, 5.41) is 5.85. The Kier molecular flexibility index (Phi) is 33.0. The van der Waals surface area contributed by atoms with Gasteiger partial charge in [0.05, 0.1) is 0 Å². The lowest BCUT2D eigenvalue weighted by Crippen LogP contribution is -2.49. The van der Waals surface area contributed by atoms with E-state index < -0.39 is 21.8 Å². The van der Waals surface area contributed by atoms with Crippen LogP contribution in [0.25, 0.3) is 0 Å². The van der Waals surface area contributed by atoms with Gasteiger partial charge in [-0.05, 0) is 19.7 Å². The van der Waals surface area contributed by atoms with Gasteiger partial charge in [-0.25, -0.2) is 0 Å². The Balaban J connectivity index is 0. The van der Waals surface area contributed by atoms with Crippen LogP contribution in [-0.4, -0.2) is 33.3 Å². The van der Waals surface area contributed by atoms with E-state index in [4.69, 9.17) is 23.0 Å². The second kappa shape index (κ2) is 31.5. The summed E-state index contributed by atoms with van der Waals surface area (Å²) in [6.45, 7) is 14.2. The largest absolute Gasteiger partial charge is 0.696 e. The minimum Gasteiger partial charge on any atom is -0.463 e. The third-order valence-corrected chi connectivity index (χ3v) is 6.01. The summed E-state index contributed by atoms with van der Waals surface area (Å²) < 4.78 is 26.8. The molecule has 35 heavy (non-hydrogen) atoms. The van der Waals surface area contributed by atoms with Gasteiger partial charge in [0.25, 0.3) is 0 Å². The van der Waals surface area contributed by atoms with E-state index in [9.17, 15) is 0 Å². The van der Waals surface area contributed by atoms with E-state index in [0.29, 0.717) is 0 Å². The Morgan fingerprint density at radius 2 is 0.943 bits per heavy atom. The van der Waals surface area contributed by atoms with E-state index in [1.807, 2.05) is 27.7 Å². The van der Waals surface area contributed by atoms with Crippen molar-refractivity contribution < 1.29 is 23.0 Å². The topological polar surface area (TPSA) is 46.2 Å². The summed E-state index contributed by atoms with van der Waals surface area (Å²) in [7, 11) is -2.43. The second-order valence-electron chi connectivity index (χ2n) is 7.43. The van der Waals surface area contributed by atoms with Gasteiger partial charge >= 0.3 is 21.8 Å². The van der Waals surface area contributed by atoms with Crippen LogP contribution in [0.5, 0.6) is 0 Å². The summed E-state index contributed by atoms with van der Waals surface area (Å²) >= 11 is 3.10. The average Bonchev–Trinajstić information content (AvgIpc) is 2.88. The molecule has 1 aliphatic heterocycles. The highest BCUT2D eigenvalue weighted by molar-refractivity contribution is 8.04. The van der Waals surface area contributed by atoms with Crippen molar-refractivity contribution in [1.82, 2.24) is 0 Å². The van der Waals surface area contributed by atoms with Gasteiger partial charge in [0.1, 0.15) is 12.2 Å². The van der Waals surface area contributed by atoms with Crippen LogP contribution in [0.4, 0.5) is 0 Å². The lowest BCUT2D eigenvalue weighted by molar-refractivity contribution is 0.167. The van der Waals surface area contributed by atoms with Gasteiger partial charge in [-0.2, -0.15) is 0 Å². The summed E-state index contributed by atoms with van der Waals surface area (Å²) in [6.07, 6.45) is 20.6. The molecule has 5 nitrogen and oxygen atoms in total. The highest BCUT2D eigenvalue weighted by atomic mass is 32.2. The maximum Gasteiger partial charge on any atom is 0.696 e. The first kappa shape index (κ1) is 36.7. The lowest BCUT2D eigenvalue weighted by atomic mass is 9.85. The Labute approximate surface area is 227 Å². The van der Waals surface area contributed by atoms with E-state index in [-0.39, 0.29) is 0 Å². The molecule has 1 saturated heterocycles. The molecule has 0 unspecified atom stereocenters. The Morgan fingerprint density at radius 3 is 1.34 bits per heavy atom. The van der Waals surface area contributed by atoms with Crippen LogP contribution in [0.2, 0.25) is 6.82 Å². The van der Waals surface area contributed by atoms with Crippen LogP contribution in [-0.2, 0) is 23.0 Å². The fraction of sp³-hybridized carbons (Fsp3) is 0.840. The molecule has 0 aromatic rings. The zero-order valence-corrected chi connectivity index (χ0v) is 25.1. The third-order valence-electron chi connectivity index (χ3n) is 4.57. The van der Waals surface area contributed by atoms with Gasteiger partial charge in [0.2, 0.25) is 0 Å². The number of unbranched alkanes of at least 4 members (excludes halogenated alkanes) is 10. The van der Waals surface area contributed by atoms with Crippen molar-refractivity contribution in [3.8, 4) is 22.7 Å². The summed E-state index contributed by atoms with van der Waals surface area (Å²) in [4.78, 5) is 0. The molecule has 0 radical (unpaired) electrons. The standard InChI is InChI=1S/C21H37B3O5S2.2C2H6/c1-4-6-8-10-12-14-18-30-20-16-25-23-27-22(3)28-24(29-23)26-17-21-31-19-15-13-11-9-7-5-2;2*1-2/h4-15,18-19H2,1-3H3;2*1-2H3. The molecule has 10 heteroatoms. The predicted octanol–water partition coefficient (Wildman–Crippen LogP) is 8.25. The summed E-state index contributed by atoms with van der Waals surface area (Å²) in [6, 6.07) is 0. The van der Waals surface area contributed by atoms with Crippen molar-refractivity contribution in [2.45, 2.75) is 125 Å². The molecule has 0 aliphatic carbocycles. The molecule has 0 aromatic heterocycles. The van der Waals surface area contributed by atoms with Crippen molar-refractivity contribution in [1.29, 1.82) is 0 Å². The molecule has 1 aliphatic rings. The highest BCUT2D eigenvalue weighted by Crippen LogP contribution is 2.12.